The van der Waals surface area contributed by atoms with E-state index in [2.05, 4.69) is 35.1 Å². The van der Waals surface area contributed by atoms with Gasteiger partial charge in [-0.05, 0) is 49.6 Å². The lowest BCUT2D eigenvalue weighted by molar-refractivity contribution is -0.119. The number of benzene rings is 2. The zero-order valence-electron chi connectivity index (χ0n) is 17.9. The van der Waals surface area contributed by atoms with E-state index in [0.717, 1.165) is 35.7 Å². The van der Waals surface area contributed by atoms with Gasteiger partial charge in [-0.2, -0.15) is 0 Å². The van der Waals surface area contributed by atoms with Gasteiger partial charge in [0.05, 0.1) is 10.6 Å². The molecule has 0 aliphatic heterocycles. The Labute approximate surface area is 189 Å². The van der Waals surface area contributed by atoms with Crippen molar-refractivity contribution in [2.24, 2.45) is 5.92 Å². The molecule has 0 spiro atoms. The first-order valence-corrected chi connectivity index (χ1v) is 12.6. The second-order valence-electron chi connectivity index (χ2n) is 7.53. The number of unbranched alkanes of at least 4 members (excludes halogenated alkanes) is 1. The zero-order valence-corrected chi connectivity index (χ0v) is 20.3. The van der Waals surface area contributed by atoms with E-state index in [1.807, 2.05) is 13.0 Å². The number of rotatable bonds is 11. The van der Waals surface area contributed by atoms with Gasteiger partial charge < -0.3 is 5.32 Å². The highest BCUT2D eigenvalue weighted by Gasteiger charge is 2.27. The number of hydrogen-bond acceptors (Lipinski definition) is 3. The molecule has 0 heterocycles. The lowest BCUT2D eigenvalue weighted by Crippen LogP contribution is -2.42. The maximum absolute atomic E-state index is 13.4. The van der Waals surface area contributed by atoms with Gasteiger partial charge in [-0.15, -0.1) is 0 Å². The van der Waals surface area contributed by atoms with Crippen LogP contribution in [0.25, 0.3) is 0 Å². The highest BCUT2D eigenvalue weighted by Crippen LogP contribution is 2.26. The molecule has 0 aromatic heterocycles. The molecule has 2 aromatic carbocycles. The smallest absolute Gasteiger partial charge is 0.264 e. The second kappa shape index (κ2) is 11.5. The predicted octanol–water partition coefficient (Wildman–Crippen LogP) is 5.29. The van der Waals surface area contributed by atoms with Crippen LogP contribution in [0.5, 0.6) is 0 Å². The molecule has 5 nitrogen and oxygen atoms in total. The summed E-state index contributed by atoms with van der Waals surface area (Å²) in [5.74, 6) is 0.0996. The van der Waals surface area contributed by atoms with Crippen molar-refractivity contribution in [1.29, 1.82) is 0 Å². The maximum atomic E-state index is 13.4. The zero-order chi connectivity index (χ0) is 22.1. The van der Waals surface area contributed by atoms with Crippen molar-refractivity contribution in [1.82, 2.24) is 5.32 Å². The van der Waals surface area contributed by atoms with E-state index in [0.29, 0.717) is 18.2 Å². The molecular weight excluding hydrogens is 464 g/mol. The highest BCUT2D eigenvalue weighted by molar-refractivity contribution is 9.10. The first kappa shape index (κ1) is 24.4. The SMILES string of the molecule is CCCC[C@H](CC)CNC(=O)CN(c1cccc(Br)c1)S(=O)(=O)c1ccc(C)cc1. The van der Waals surface area contributed by atoms with Crippen LogP contribution in [0.1, 0.15) is 45.1 Å². The topological polar surface area (TPSA) is 66.5 Å². The summed E-state index contributed by atoms with van der Waals surface area (Å²) in [6, 6.07) is 13.6. The molecule has 0 aliphatic carbocycles. The maximum Gasteiger partial charge on any atom is 0.264 e. The molecule has 1 atom stereocenters. The number of nitrogens with zero attached hydrogens (tertiary/aromatic N) is 1. The average molecular weight is 495 g/mol. The van der Waals surface area contributed by atoms with Gasteiger partial charge in [-0.3, -0.25) is 9.10 Å². The number of hydrogen-bond donors (Lipinski definition) is 1. The Balaban J connectivity index is 2.24. The van der Waals surface area contributed by atoms with Crippen LogP contribution in [0.2, 0.25) is 0 Å². The molecule has 0 saturated carbocycles. The fourth-order valence-electron chi connectivity index (χ4n) is 3.17. The Morgan fingerprint density at radius 1 is 1.13 bits per heavy atom. The van der Waals surface area contributed by atoms with Crippen molar-refractivity contribution in [3.63, 3.8) is 0 Å². The van der Waals surface area contributed by atoms with Crippen molar-refractivity contribution in [2.45, 2.75) is 51.3 Å². The van der Waals surface area contributed by atoms with Gasteiger partial charge in [0, 0.05) is 11.0 Å². The number of halogens is 1. The number of carbonyl (C=O) groups is 1. The molecule has 0 bridgehead atoms. The first-order valence-electron chi connectivity index (χ1n) is 10.4. The molecule has 7 heteroatoms. The van der Waals surface area contributed by atoms with Crippen molar-refractivity contribution in [3.05, 3.63) is 58.6 Å². The fraction of sp³-hybridized carbons (Fsp3) is 0.435. The Bertz CT molecular complexity index is 930. The summed E-state index contributed by atoms with van der Waals surface area (Å²) in [6.07, 6.45) is 4.29. The molecule has 2 rings (SSSR count). The molecule has 1 N–H and O–H groups in total. The normalized spacial score (nSPS) is 12.4. The fourth-order valence-corrected chi connectivity index (χ4v) is 4.97. The molecule has 1 amide bonds. The first-order chi connectivity index (χ1) is 14.3. The minimum absolute atomic E-state index is 0.162. The molecule has 2 aromatic rings. The lowest BCUT2D eigenvalue weighted by Gasteiger charge is -2.25. The van der Waals surface area contributed by atoms with E-state index in [-0.39, 0.29) is 17.3 Å². The highest BCUT2D eigenvalue weighted by atomic mass is 79.9. The van der Waals surface area contributed by atoms with Crippen molar-refractivity contribution >= 4 is 37.5 Å². The summed E-state index contributed by atoms with van der Waals surface area (Å²) in [6.45, 7) is 6.46. The third-order valence-corrected chi connectivity index (χ3v) is 7.40. The average Bonchev–Trinajstić information content (AvgIpc) is 2.72. The van der Waals surface area contributed by atoms with Crippen LogP contribution >= 0.6 is 15.9 Å². The summed E-state index contributed by atoms with van der Waals surface area (Å²) in [5.41, 5.74) is 1.41. The van der Waals surface area contributed by atoms with E-state index >= 15 is 0 Å². The van der Waals surface area contributed by atoms with Crippen LogP contribution in [-0.4, -0.2) is 27.4 Å². The Morgan fingerprint density at radius 3 is 2.43 bits per heavy atom. The van der Waals surface area contributed by atoms with Gasteiger partial charge in [-0.25, -0.2) is 8.42 Å². The van der Waals surface area contributed by atoms with Crippen LogP contribution in [-0.2, 0) is 14.8 Å². The molecule has 0 unspecified atom stereocenters. The van der Waals surface area contributed by atoms with Crippen molar-refractivity contribution in [3.8, 4) is 0 Å². The third-order valence-electron chi connectivity index (χ3n) is 5.12. The van der Waals surface area contributed by atoms with E-state index in [1.54, 1.807) is 42.5 Å². The standard InChI is InChI=1S/C23H31BrN2O3S/c1-4-6-8-19(5-2)16-25-23(27)17-26(21-10-7-9-20(24)15-21)30(28,29)22-13-11-18(3)12-14-22/h7,9-15,19H,4-6,8,16-17H2,1-3H3,(H,25,27)/t19-/m0/s1. The van der Waals surface area contributed by atoms with Crippen LogP contribution in [0.3, 0.4) is 0 Å². The second-order valence-corrected chi connectivity index (χ2v) is 10.3. The third kappa shape index (κ3) is 6.84. The minimum atomic E-state index is -3.89. The number of nitrogens with one attached hydrogen (secondary N) is 1. The summed E-state index contributed by atoms with van der Waals surface area (Å²) < 4.78 is 28.6. The molecule has 0 aliphatic rings. The number of carbonyl (C=O) groups excluding carboxylic acids is 1. The van der Waals surface area contributed by atoms with Gasteiger partial charge in [0.15, 0.2) is 0 Å². The number of aryl methyl sites for hydroxylation is 1. The number of amides is 1. The lowest BCUT2D eigenvalue weighted by atomic mass is 9.99. The molecule has 164 valence electrons. The predicted molar refractivity (Wildman–Crippen MR) is 126 cm³/mol. The summed E-state index contributed by atoms with van der Waals surface area (Å²) in [7, 11) is -3.89. The van der Waals surface area contributed by atoms with Crippen molar-refractivity contribution < 1.29 is 13.2 Å². The summed E-state index contributed by atoms with van der Waals surface area (Å²) >= 11 is 3.39. The van der Waals surface area contributed by atoms with Gasteiger partial charge in [0.2, 0.25) is 5.91 Å². The van der Waals surface area contributed by atoms with Gasteiger partial charge in [0.1, 0.15) is 6.54 Å². The molecular formula is C23H31BrN2O3S. The monoisotopic (exact) mass is 494 g/mol. The molecule has 30 heavy (non-hydrogen) atoms. The largest absolute Gasteiger partial charge is 0.354 e. The number of sulfonamides is 1. The summed E-state index contributed by atoms with van der Waals surface area (Å²) in [4.78, 5) is 12.9. The van der Waals surface area contributed by atoms with E-state index < -0.39 is 10.0 Å². The summed E-state index contributed by atoms with van der Waals surface area (Å²) in [5, 5.41) is 2.93. The number of anilines is 1. The van der Waals surface area contributed by atoms with Crippen LogP contribution < -0.4 is 9.62 Å². The van der Waals surface area contributed by atoms with E-state index in [4.69, 9.17) is 0 Å². The Hall–Kier alpha value is -1.86. The van der Waals surface area contributed by atoms with Crippen molar-refractivity contribution in [2.75, 3.05) is 17.4 Å². The Kier molecular flexibility index (Phi) is 9.37. The van der Waals surface area contributed by atoms with Gasteiger partial charge >= 0.3 is 0 Å². The van der Waals surface area contributed by atoms with E-state index in [1.165, 1.54) is 4.31 Å². The molecule has 0 radical (unpaired) electrons. The van der Waals surface area contributed by atoms with Crippen LogP contribution in [0.15, 0.2) is 57.9 Å². The van der Waals surface area contributed by atoms with E-state index in [9.17, 15) is 13.2 Å². The van der Waals surface area contributed by atoms with Crippen LogP contribution in [0.4, 0.5) is 5.69 Å². The Morgan fingerprint density at radius 2 is 1.83 bits per heavy atom. The van der Waals surface area contributed by atoms with Gasteiger partial charge in [-0.1, -0.05) is 72.8 Å². The van der Waals surface area contributed by atoms with Crippen LogP contribution in [0, 0.1) is 12.8 Å². The van der Waals surface area contributed by atoms with Gasteiger partial charge in [0.25, 0.3) is 10.0 Å². The quantitative estimate of drug-likeness (QED) is 0.461. The molecule has 0 fully saturated rings. The minimum Gasteiger partial charge on any atom is -0.354 e. The molecule has 0 saturated heterocycles.